The Morgan fingerprint density at radius 2 is 1.58 bits per heavy atom. The average Bonchev–Trinajstić information content (AvgIpc) is 3.30. The predicted molar refractivity (Wildman–Crippen MR) is 140 cm³/mol. The van der Waals surface area contributed by atoms with Crippen LogP contribution in [-0.2, 0) is 13.0 Å². The Labute approximate surface area is 210 Å². The van der Waals surface area contributed by atoms with Crippen LogP contribution in [0.15, 0.2) is 66.9 Å². The summed E-state index contributed by atoms with van der Waals surface area (Å²) >= 11 is 0. The quantitative estimate of drug-likeness (QED) is 0.421. The first-order valence-electron chi connectivity index (χ1n) is 12.2. The van der Waals surface area contributed by atoms with E-state index in [1.807, 2.05) is 41.8 Å². The second-order valence-corrected chi connectivity index (χ2v) is 8.86. The molecule has 0 atom stereocenters. The van der Waals surface area contributed by atoms with Crippen LogP contribution in [0.3, 0.4) is 0 Å². The smallest absolute Gasteiger partial charge is 0.270 e. The largest absolute Gasteiger partial charge is 0.497 e. The third-order valence-electron chi connectivity index (χ3n) is 6.68. The van der Waals surface area contributed by atoms with Crippen molar-refractivity contribution < 1.29 is 13.9 Å². The Morgan fingerprint density at radius 3 is 2.17 bits per heavy atom. The molecule has 0 saturated carbocycles. The molecule has 1 aliphatic rings. The molecule has 0 bridgehead atoms. The fourth-order valence-electron chi connectivity index (χ4n) is 4.65. The number of methoxy groups -OCH3 is 1. The van der Waals surface area contributed by atoms with Crippen molar-refractivity contribution in [3.63, 3.8) is 0 Å². The van der Waals surface area contributed by atoms with Crippen LogP contribution in [0.5, 0.6) is 5.75 Å². The molecule has 1 aliphatic heterocycles. The van der Waals surface area contributed by atoms with Crippen LogP contribution in [-0.4, -0.2) is 48.6 Å². The minimum absolute atomic E-state index is 0.148. The zero-order valence-corrected chi connectivity index (χ0v) is 20.6. The predicted octanol–water partition coefficient (Wildman–Crippen LogP) is 4.30. The molecule has 3 heterocycles. The molecule has 8 heteroatoms. The first-order chi connectivity index (χ1) is 17.6. The van der Waals surface area contributed by atoms with Crippen molar-refractivity contribution in [1.82, 2.24) is 14.7 Å². The number of aryl methyl sites for hydroxylation is 1. The van der Waals surface area contributed by atoms with Gasteiger partial charge in [-0.2, -0.15) is 0 Å². The van der Waals surface area contributed by atoms with Gasteiger partial charge >= 0.3 is 0 Å². The van der Waals surface area contributed by atoms with Crippen molar-refractivity contribution in [2.45, 2.75) is 19.9 Å². The number of piperazine rings is 1. The van der Waals surface area contributed by atoms with Gasteiger partial charge in [0.05, 0.1) is 12.8 Å². The van der Waals surface area contributed by atoms with E-state index < -0.39 is 0 Å². The van der Waals surface area contributed by atoms with E-state index in [0.717, 1.165) is 48.8 Å². The fraction of sp³-hybridized carbons (Fsp3) is 0.286. The number of ether oxygens (including phenoxy) is 1. The van der Waals surface area contributed by atoms with Crippen LogP contribution < -0.4 is 19.9 Å². The van der Waals surface area contributed by atoms with Crippen LogP contribution in [0, 0.1) is 5.82 Å². The maximum atomic E-state index is 13.2. The number of nitrogens with zero attached hydrogens (tertiary/aromatic N) is 4. The maximum Gasteiger partial charge on any atom is 0.270 e. The number of fused-ring (bicyclic) bond motifs is 1. The first-order valence-corrected chi connectivity index (χ1v) is 12.2. The molecular weight excluding hydrogens is 457 g/mol. The summed E-state index contributed by atoms with van der Waals surface area (Å²) in [6, 6.07) is 18.7. The Morgan fingerprint density at radius 1 is 0.972 bits per heavy atom. The topological polar surface area (TPSA) is 62.1 Å². The van der Waals surface area contributed by atoms with E-state index in [1.54, 1.807) is 7.11 Å². The normalized spacial score (nSPS) is 13.8. The van der Waals surface area contributed by atoms with Gasteiger partial charge in [0.1, 0.15) is 22.9 Å². The summed E-state index contributed by atoms with van der Waals surface area (Å²) in [5, 5.41) is 3.05. The third-order valence-corrected chi connectivity index (χ3v) is 6.68. The molecule has 1 fully saturated rings. The summed E-state index contributed by atoms with van der Waals surface area (Å²) in [4.78, 5) is 22.3. The number of amides is 1. The second kappa shape index (κ2) is 10.3. The molecule has 36 heavy (non-hydrogen) atoms. The highest BCUT2D eigenvalue weighted by Gasteiger charge is 2.20. The van der Waals surface area contributed by atoms with Crippen LogP contribution in [0.2, 0.25) is 0 Å². The molecule has 0 spiro atoms. The lowest BCUT2D eigenvalue weighted by Gasteiger charge is -2.37. The summed E-state index contributed by atoms with van der Waals surface area (Å²) < 4.78 is 20.3. The van der Waals surface area contributed by atoms with Gasteiger partial charge in [-0.15, -0.1) is 0 Å². The third kappa shape index (κ3) is 4.84. The van der Waals surface area contributed by atoms with E-state index in [0.29, 0.717) is 30.1 Å². The van der Waals surface area contributed by atoms with E-state index in [4.69, 9.17) is 4.74 Å². The Hall–Kier alpha value is -4.07. The van der Waals surface area contributed by atoms with Crippen LogP contribution in [0.1, 0.15) is 28.7 Å². The Kier molecular flexibility index (Phi) is 6.75. The number of aromatic nitrogens is 2. The molecule has 1 saturated heterocycles. The summed E-state index contributed by atoms with van der Waals surface area (Å²) in [5.74, 6) is 0.350. The molecule has 1 amide bonds. The van der Waals surface area contributed by atoms with E-state index >= 15 is 0 Å². The number of benzene rings is 2. The SMILES string of the molecule is CCc1nc2cc(OC)ccn2c1C(=O)NCc1ccc(N2CCN(c3ccc(F)cc3)CC2)cc1. The van der Waals surface area contributed by atoms with Crippen LogP contribution in [0.25, 0.3) is 5.65 Å². The van der Waals surface area contributed by atoms with E-state index in [9.17, 15) is 9.18 Å². The lowest BCUT2D eigenvalue weighted by Crippen LogP contribution is -2.46. The van der Waals surface area contributed by atoms with Crippen molar-refractivity contribution in [1.29, 1.82) is 0 Å². The standard InChI is InChI=1S/C28H30FN5O2/c1-3-25-27(34-13-12-24(36-2)18-26(34)31-25)28(35)30-19-20-4-8-22(9-5-20)32-14-16-33(17-15-32)23-10-6-21(29)7-11-23/h4-13,18H,3,14-17,19H2,1-2H3,(H,30,35). The molecule has 4 aromatic rings. The molecule has 0 radical (unpaired) electrons. The number of nitrogens with one attached hydrogen (secondary N) is 1. The molecule has 1 N–H and O–H groups in total. The highest BCUT2D eigenvalue weighted by atomic mass is 19.1. The van der Waals surface area contributed by atoms with Gasteiger partial charge in [0, 0.05) is 56.4 Å². The number of imidazole rings is 1. The Balaban J connectivity index is 1.19. The molecule has 5 rings (SSSR count). The minimum atomic E-state index is -0.210. The number of halogens is 1. The van der Waals surface area contributed by atoms with Gasteiger partial charge in [0.15, 0.2) is 0 Å². The van der Waals surface area contributed by atoms with Gasteiger partial charge in [0.2, 0.25) is 0 Å². The molecule has 0 aliphatic carbocycles. The van der Waals surface area contributed by atoms with Crippen molar-refractivity contribution in [3.05, 3.63) is 89.6 Å². The van der Waals surface area contributed by atoms with Crippen molar-refractivity contribution in [2.75, 3.05) is 43.1 Å². The molecule has 7 nitrogen and oxygen atoms in total. The number of carbonyl (C=O) groups excluding carboxylic acids is 1. The molecule has 0 unspecified atom stereocenters. The number of pyridine rings is 1. The lowest BCUT2D eigenvalue weighted by atomic mass is 10.1. The number of anilines is 2. The lowest BCUT2D eigenvalue weighted by molar-refractivity contribution is 0.0944. The van der Waals surface area contributed by atoms with Gasteiger partial charge in [-0.25, -0.2) is 9.37 Å². The van der Waals surface area contributed by atoms with Gasteiger partial charge in [-0.3, -0.25) is 9.20 Å². The summed E-state index contributed by atoms with van der Waals surface area (Å²) in [6.07, 6.45) is 2.48. The van der Waals surface area contributed by atoms with Gasteiger partial charge in [-0.05, 0) is 54.4 Å². The highest BCUT2D eigenvalue weighted by Crippen LogP contribution is 2.22. The summed E-state index contributed by atoms with van der Waals surface area (Å²) in [7, 11) is 1.61. The van der Waals surface area contributed by atoms with Gasteiger partial charge in [0.25, 0.3) is 5.91 Å². The van der Waals surface area contributed by atoms with E-state index in [1.165, 1.54) is 12.1 Å². The van der Waals surface area contributed by atoms with Crippen molar-refractivity contribution in [2.24, 2.45) is 0 Å². The number of carbonyl (C=O) groups is 1. The molecule has 186 valence electrons. The molecular formula is C28H30FN5O2. The van der Waals surface area contributed by atoms with Gasteiger partial charge in [-0.1, -0.05) is 19.1 Å². The zero-order valence-electron chi connectivity index (χ0n) is 20.6. The maximum absolute atomic E-state index is 13.2. The van der Waals surface area contributed by atoms with E-state index in [-0.39, 0.29) is 11.7 Å². The van der Waals surface area contributed by atoms with Crippen LogP contribution >= 0.6 is 0 Å². The molecule has 2 aromatic heterocycles. The summed E-state index contributed by atoms with van der Waals surface area (Å²) in [6.45, 7) is 5.99. The zero-order chi connectivity index (χ0) is 25.1. The highest BCUT2D eigenvalue weighted by molar-refractivity contribution is 5.94. The monoisotopic (exact) mass is 487 g/mol. The van der Waals surface area contributed by atoms with Gasteiger partial charge < -0.3 is 19.9 Å². The molecule has 2 aromatic carbocycles. The minimum Gasteiger partial charge on any atom is -0.497 e. The van der Waals surface area contributed by atoms with Crippen molar-refractivity contribution in [3.8, 4) is 5.75 Å². The van der Waals surface area contributed by atoms with Crippen molar-refractivity contribution >= 4 is 22.9 Å². The number of hydrogen-bond donors (Lipinski definition) is 1. The fourth-order valence-corrected chi connectivity index (χ4v) is 4.65. The van der Waals surface area contributed by atoms with Crippen LogP contribution in [0.4, 0.5) is 15.8 Å². The average molecular weight is 488 g/mol. The number of rotatable bonds is 7. The summed E-state index contributed by atoms with van der Waals surface area (Å²) in [5.41, 5.74) is 5.26. The number of hydrogen-bond acceptors (Lipinski definition) is 5. The first kappa shape index (κ1) is 23.7. The van der Waals surface area contributed by atoms with E-state index in [2.05, 4.69) is 44.4 Å². The Bertz CT molecular complexity index is 1340. The second-order valence-electron chi connectivity index (χ2n) is 8.86.